The van der Waals surface area contributed by atoms with Crippen LogP contribution in [0.15, 0.2) is 29.2 Å². The Labute approximate surface area is 136 Å². The second-order valence-electron chi connectivity index (χ2n) is 6.06. The number of amides is 1. The monoisotopic (exact) mass is 324 g/mol. The Morgan fingerprint density at radius 2 is 2.05 bits per heavy atom. The minimum Gasteiger partial charge on any atom is -0.353 e. The van der Waals surface area contributed by atoms with Crippen LogP contribution in [-0.2, 0) is 4.79 Å². The van der Waals surface area contributed by atoms with E-state index in [2.05, 4.69) is 5.32 Å². The Balaban J connectivity index is 1.80. The van der Waals surface area contributed by atoms with Gasteiger partial charge in [0, 0.05) is 22.6 Å². The molecule has 5 heteroatoms. The van der Waals surface area contributed by atoms with Gasteiger partial charge < -0.3 is 11.1 Å². The molecule has 1 aromatic rings. The van der Waals surface area contributed by atoms with Gasteiger partial charge in [-0.25, -0.2) is 4.39 Å². The molecule has 22 heavy (non-hydrogen) atoms. The number of nitrogens with one attached hydrogen (secondary N) is 1. The fourth-order valence-corrected chi connectivity index (χ4v) is 3.75. The molecule has 1 amide bonds. The highest BCUT2D eigenvalue weighted by Crippen LogP contribution is 2.25. The predicted molar refractivity (Wildman–Crippen MR) is 89.2 cm³/mol. The van der Waals surface area contributed by atoms with Gasteiger partial charge in [0.1, 0.15) is 5.82 Å². The van der Waals surface area contributed by atoms with Crippen molar-refractivity contribution in [3.05, 3.63) is 30.1 Å². The summed E-state index contributed by atoms with van der Waals surface area (Å²) < 4.78 is 12.9. The first-order chi connectivity index (χ1) is 10.6. The summed E-state index contributed by atoms with van der Waals surface area (Å²) in [5.41, 5.74) is 5.81. The van der Waals surface area contributed by atoms with Gasteiger partial charge in [-0.05, 0) is 49.6 Å². The lowest BCUT2D eigenvalue weighted by Crippen LogP contribution is -2.46. The second-order valence-corrected chi connectivity index (χ2v) is 7.15. The summed E-state index contributed by atoms with van der Waals surface area (Å²) in [4.78, 5) is 13.3. The highest BCUT2D eigenvalue weighted by atomic mass is 32.2. The molecule has 122 valence electrons. The molecule has 0 saturated heterocycles. The van der Waals surface area contributed by atoms with Gasteiger partial charge in [-0.15, -0.1) is 11.8 Å². The van der Waals surface area contributed by atoms with Crippen LogP contribution in [0.5, 0.6) is 0 Å². The molecular weight excluding hydrogens is 299 g/mol. The van der Waals surface area contributed by atoms with Crippen LogP contribution in [0.4, 0.5) is 4.39 Å². The molecular formula is C17H25FN2OS. The van der Waals surface area contributed by atoms with Crippen LogP contribution in [0, 0.1) is 17.7 Å². The van der Waals surface area contributed by atoms with Crippen LogP contribution in [0.1, 0.15) is 32.6 Å². The van der Waals surface area contributed by atoms with Gasteiger partial charge in [-0.1, -0.05) is 19.8 Å². The molecule has 3 atom stereocenters. The number of carbonyl (C=O) groups is 1. The van der Waals surface area contributed by atoms with E-state index in [-0.39, 0.29) is 23.7 Å². The predicted octanol–water partition coefficient (Wildman–Crippen LogP) is 3.19. The van der Waals surface area contributed by atoms with E-state index in [1.807, 2.05) is 6.92 Å². The van der Waals surface area contributed by atoms with Gasteiger partial charge >= 0.3 is 0 Å². The number of nitrogens with two attached hydrogens (primary N) is 1. The maximum Gasteiger partial charge on any atom is 0.223 e. The lowest BCUT2D eigenvalue weighted by atomic mass is 9.84. The first-order valence-corrected chi connectivity index (χ1v) is 8.97. The fourth-order valence-electron chi connectivity index (χ4n) is 2.83. The molecule has 1 aliphatic rings. The van der Waals surface area contributed by atoms with Gasteiger partial charge in [0.05, 0.1) is 0 Å². The van der Waals surface area contributed by atoms with Crippen LogP contribution < -0.4 is 11.1 Å². The third-order valence-corrected chi connectivity index (χ3v) is 5.57. The number of hydrogen-bond donors (Lipinski definition) is 2. The molecule has 0 aromatic heterocycles. The number of thioether (sulfide) groups is 1. The Morgan fingerprint density at radius 1 is 1.36 bits per heavy atom. The van der Waals surface area contributed by atoms with Gasteiger partial charge in [0.2, 0.25) is 5.91 Å². The first kappa shape index (κ1) is 17.3. The molecule has 0 radical (unpaired) electrons. The molecule has 1 fully saturated rings. The van der Waals surface area contributed by atoms with Gasteiger partial charge in [0.25, 0.3) is 0 Å². The van der Waals surface area contributed by atoms with E-state index in [0.29, 0.717) is 18.2 Å². The van der Waals surface area contributed by atoms with Crippen LogP contribution in [0.25, 0.3) is 0 Å². The van der Waals surface area contributed by atoms with Gasteiger partial charge in [-0.3, -0.25) is 4.79 Å². The van der Waals surface area contributed by atoms with Crippen molar-refractivity contribution in [2.75, 3.05) is 12.3 Å². The summed E-state index contributed by atoms with van der Waals surface area (Å²) in [5.74, 6) is 0.891. The summed E-state index contributed by atoms with van der Waals surface area (Å²) in [7, 11) is 0. The number of halogens is 1. The number of hydrogen-bond acceptors (Lipinski definition) is 3. The van der Waals surface area contributed by atoms with Crippen LogP contribution in [0.3, 0.4) is 0 Å². The van der Waals surface area contributed by atoms with E-state index in [1.54, 1.807) is 23.9 Å². The van der Waals surface area contributed by atoms with Crippen LogP contribution in [-0.4, -0.2) is 24.2 Å². The van der Waals surface area contributed by atoms with Crippen molar-refractivity contribution in [2.24, 2.45) is 17.6 Å². The van der Waals surface area contributed by atoms with Crippen LogP contribution >= 0.6 is 11.8 Å². The molecule has 3 nitrogen and oxygen atoms in total. The smallest absolute Gasteiger partial charge is 0.223 e. The average Bonchev–Trinajstić information content (AvgIpc) is 2.54. The largest absolute Gasteiger partial charge is 0.353 e. The third-order valence-electron chi connectivity index (χ3n) is 4.30. The minimum absolute atomic E-state index is 0.0737. The van der Waals surface area contributed by atoms with E-state index < -0.39 is 0 Å². The van der Waals surface area contributed by atoms with E-state index in [4.69, 9.17) is 5.73 Å². The van der Waals surface area contributed by atoms with Crippen molar-refractivity contribution in [3.8, 4) is 0 Å². The standard InChI is InChI=1S/C17H25FN2OS/c1-12(11-22-15-8-6-14(18)7-9-15)17(21)20-16-5-3-2-4-13(16)10-19/h6-9,12-13,16H,2-5,10-11,19H2,1H3,(H,20,21). The molecule has 1 aromatic carbocycles. The lowest BCUT2D eigenvalue weighted by molar-refractivity contribution is -0.125. The highest BCUT2D eigenvalue weighted by molar-refractivity contribution is 7.99. The van der Waals surface area contributed by atoms with E-state index in [9.17, 15) is 9.18 Å². The summed E-state index contributed by atoms with van der Waals surface area (Å²) in [6, 6.07) is 6.61. The lowest BCUT2D eigenvalue weighted by Gasteiger charge is -2.32. The summed E-state index contributed by atoms with van der Waals surface area (Å²) in [6.45, 7) is 2.58. The molecule has 3 unspecified atom stereocenters. The highest BCUT2D eigenvalue weighted by Gasteiger charge is 2.26. The van der Waals surface area contributed by atoms with Gasteiger partial charge in [0.15, 0.2) is 0 Å². The molecule has 3 N–H and O–H groups in total. The van der Waals surface area contributed by atoms with E-state index in [1.165, 1.54) is 25.0 Å². The van der Waals surface area contributed by atoms with Crippen molar-refractivity contribution in [3.63, 3.8) is 0 Å². The Morgan fingerprint density at radius 3 is 2.73 bits per heavy atom. The third kappa shape index (κ3) is 4.99. The number of benzene rings is 1. The van der Waals surface area contributed by atoms with Crippen molar-refractivity contribution < 1.29 is 9.18 Å². The maximum atomic E-state index is 12.9. The topological polar surface area (TPSA) is 55.1 Å². The molecule has 0 spiro atoms. The SMILES string of the molecule is CC(CSc1ccc(F)cc1)C(=O)NC1CCCCC1CN. The average molecular weight is 324 g/mol. The normalized spacial score (nSPS) is 23.0. The van der Waals surface area contributed by atoms with Crippen molar-refractivity contribution in [1.29, 1.82) is 0 Å². The van der Waals surface area contributed by atoms with E-state index >= 15 is 0 Å². The van der Waals surface area contributed by atoms with Crippen LogP contribution in [0.2, 0.25) is 0 Å². The number of rotatable bonds is 6. The molecule has 0 heterocycles. The molecule has 2 rings (SSSR count). The molecule has 1 saturated carbocycles. The summed E-state index contributed by atoms with van der Waals surface area (Å²) >= 11 is 1.58. The zero-order valence-corrected chi connectivity index (χ0v) is 13.9. The molecule has 1 aliphatic carbocycles. The van der Waals surface area contributed by atoms with Crippen molar-refractivity contribution in [1.82, 2.24) is 5.32 Å². The maximum absolute atomic E-state index is 12.9. The summed E-state index contributed by atoms with van der Waals surface area (Å²) in [5, 5.41) is 3.17. The zero-order chi connectivity index (χ0) is 15.9. The van der Waals surface area contributed by atoms with Gasteiger partial charge in [-0.2, -0.15) is 0 Å². The number of carbonyl (C=O) groups excluding carboxylic acids is 1. The van der Waals surface area contributed by atoms with E-state index in [0.717, 1.165) is 17.7 Å². The Kier molecular flexibility index (Phi) is 6.70. The second kappa shape index (κ2) is 8.53. The Hall–Kier alpha value is -1.07. The summed E-state index contributed by atoms with van der Waals surface area (Å²) in [6.07, 6.45) is 4.52. The fraction of sp³-hybridized carbons (Fsp3) is 0.588. The minimum atomic E-state index is -0.236. The van der Waals surface area contributed by atoms with Crippen molar-refractivity contribution in [2.45, 2.75) is 43.5 Å². The molecule has 0 bridgehead atoms. The molecule has 0 aliphatic heterocycles. The van der Waals surface area contributed by atoms with Crippen molar-refractivity contribution >= 4 is 17.7 Å². The Bertz CT molecular complexity index is 480. The first-order valence-electron chi connectivity index (χ1n) is 7.99. The zero-order valence-electron chi connectivity index (χ0n) is 13.1. The quantitative estimate of drug-likeness (QED) is 0.790.